The zero-order valence-corrected chi connectivity index (χ0v) is 20.3. The maximum Gasteiger partial charge on any atom is 0.327 e. The molecular weight excluding hydrogens is 418 g/mol. The highest BCUT2D eigenvalue weighted by molar-refractivity contribution is 6.00. The lowest BCUT2D eigenvalue weighted by Gasteiger charge is -2.44. The molecule has 0 spiro atoms. The molecule has 0 aliphatic carbocycles. The number of amides is 3. The number of urea groups is 1. The third-order valence-electron chi connectivity index (χ3n) is 7.08. The molecule has 3 amide bonds. The number of carbonyl (C=O) groups is 2. The van der Waals surface area contributed by atoms with Crippen LogP contribution in [0.3, 0.4) is 0 Å². The molecule has 182 valence electrons. The molecule has 3 saturated heterocycles. The first-order chi connectivity index (χ1) is 16.1. The van der Waals surface area contributed by atoms with Gasteiger partial charge in [0, 0.05) is 32.4 Å². The molecule has 0 aromatic heterocycles. The molecule has 3 unspecified atom stereocenters. The number of hydrogen-bond acceptors (Lipinski definition) is 6. The maximum absolute atomic E-state index is 13.5. The van der Waals surface area contributed by atoms with E-state index < -0.39 is 0 Å². The molecule has 3 atom stereocenters. The van der Waals surface area contributed by atoms with E-state index in [0.717, 1.165) is 43.8 Å². The van der Waals surface area contributed by atoms with Gasteiger partial charge in [0.05, 0.1) is 6.61 Å². The van der Waals surface area contributed by atoms with Crippen molar-refractivity contribution in [3.8, 4) is 5.75 Å². The quantitative estimate of drug-likeness (QED) is 0.543. The van der Waals surface area contributed by atoms with Crippen LogP contribution in [0.4, 0.5) is 10.5 Å². The van der Waals surface area contributed by atoms with E-state index in [9.17, 15) is 9.59 Å². The van der Waals surface area contributed by atoms with Crippen LogP contribution in [0, 0.1) is 0 Å². The zero-order valence-electron chi connectivity index (χ0n) is 20.3. The Morgan fingerprint density at radius 1 is 1.00 bits per heavy atom. The normalized spacial score (nSPS) is 25.4. The molecule has 0 bridgehead atoms. The van der Waals surface area contributed by atoms with Gasteiger partial charge in [0.15, 0.2) is 0 Å². The number of hydrogen-bond donors (Lipinski definition) is 1. The molecule has 8 nitrogen and oxygen atoms in total. The number of benzene rings is 1. The van der Waals surface area contributed by atoms with Crippen LogP contribution in [0.5, 0.6) is 5.75 Å². The molecule has 1 aromatic rings. The van der Waals surface area contributed by atoms with E-state index in [1.54, 1.807) is 4.90 Å². The molecule has 33 heavy (non-hydrogen) atoms. The van der Waals surface area contributed by atoms with Gasteiger partial charge in [0.25, 0.3) is 5.91 Å². The third-order valence-corrected chi connectivity index (χ3v) is 7.08. The molecule has 1 N–H and O–H groups in total. The summed E-state index contributed by atoms with van der Waals surface area (Å²) >= 11 is 0. The first-order valence-corrected chi connectivity index (χ1v) is 12.7. The highest BCUT2D eigenvalue weighted by Crippen LogP contribution is 2.33. The van der Waals surface area contributed by atoms with E-state index in [-0.39, 0.29) is 30.4 Å². The lowest BCUT2D eigenvalue weighted by molar-refractivity contribution is -0.138. The highest BCUT2D eigenvalue weighted by atomic mass is 16.5. The van der Waals surface area contributed by atoms with E-state index in [1.807, 2.05) is 26.1 Å². The first kappa shape index (κ1) is 23.8. The summed E-state index contributed by atoms with van der Waals surface area (Å²) in [5.41, 5.74) is 1.09. The van der Waals surface area contributed by atoms with Gasteiger partial charge in [-0.25, -0.2) is 4.79 Å². The van der Waals surface area contributed by atoms with Crippen molar-refractivity contribution < 1.29 is 14.3 Å². The second-order valence-corrected chi connectivity index (χ2v) is 9.29. The Morgan fingerprint density at radius 3 is 2.45 bits per heavy atom. The van der Waals surface area contributed by atoms with E-state index in [4.69, 9.17) is 4.74 Å². The fourth-order valence-electron chi connectivity index (χ4n) is 5.34. The SMILES string of the molecule is CCCCCCCCN1C(=O)C2C(NC3N(c4ccc(OCC)cc4)CCCN23)N(C)C1=O. The van der Waals surface area contributed by atoms with Crippen molar-refractivity contribution in [1.82, 2.24) is 20.0 Å². The number of nitrogens with zero attached hydrogens (tertiary/aromatic N) is 4. The average Bonchev–Trinajstić information content (AvgIpc) is 3.23. The number of likely N-dealkylation sites (N-methyl/N-ethyl adjacent to an activating group) is 1. The van der Waals surface area contributed by atoms with Gasteiger partial charge >= 0.3 is 6.03 Å². The Kier molecular flexibility index (Phi) is 7.75. The van der Waals surface area contributed by atoms with E-state index >= 15 is 0 Å². The second kappa shape index (κ2) is 10.7. The summed E-state index contributed by atoms with van der Waals surface area (Å²) in [6.07, 6.45) is 7.35. The van der Waals surface area contributed by atoms with Crippen molar-refractivity contribution in [3.05, 3.63) is 24.3 Å². The standard InChI is InChI=1S/C25H39N5O3/c1-4-6-7-8-9-10-16-30-23(31)21-22(27(3)25(30)32)26-24-28(17-11-18-29(21)24)19-12-14-20(15-13-19)33-5-2/h12-15,21-22,24,26H,4-11,16-18H2,1-3H3. The van der Waals surface area contributed by atoms with Gasteiger partial charge in [0.2, 0.25) is 0 Å². The Bertz CT molecular complexity index is 817. The van der Waals surface area contributed by atoms with Crippen molar-refractivity contribution >= 4 is 17.6 Å². The van der Waals surface area contributed by atoms with E-state index in [0.29, 0.717) is 13.2 Å². The van der Waals surface area contributed by atoms with Gasteiger partial charge in [-0.2, -0.15) is 0 Å². The topological polar surface area (TPSA) is 68.4 Å². The molecule has 3 fully saturated rings. The molecule has 3 aliphatic heterocycles. The molecular formula is C25H39N5O3. The Morgan fingerprint density at radius 2 is 1.73 bits per heavy atom. The largest absolute Gasteiger partial charge is 0.494 e. The molecule has 0 saturated carbocycles. The van der Waals surface area contributed by atoms with Gasteiger partial charge < -0.3 is 14.5 Å². The number of rotatable bonds is 10. The minimum atomic E-state index is -0.344. The van der Waals surface area contributed by atoms with Crippen LogP contribution in [0.25, 0.3) is 0 Å². The number of carbonyl (C=O) groups excluding carboxylic acids is 2. The third kappa shape index (κ3) is 4.82. The van der Waals surface area contributed by atoms with Crippen LogP contribution < -0.4 is 15.0 Å². The minimum absolute atomic E-state index is 0.0554. The molecule has 4 rings (SSSR count). The van der Waals surface area contributed by atoms with Crippen LogP contribution in [-0.4, -0.2) is 78.4 Å². The predicted molar refractivity (Wildman–Crippen MR) is 129 cm³/mol. The van der Waals surface area contributed by atoms with Crippen LogP contribution in [0.15, 0.2) is 24.3 Å². The summed E-state index contributed by atoms with van der Waals surface area (Å²) in [6, 6.07) is 7.59. The number of anilines is 1. The van der Waals surface area contributed by atoms with Gasteiger partial charge in [-0.1, -0.05) is 39.0 Å². The summed E-state index contributed by atoms with van der Waals surface area (Å²) in [6.45, 7) is 7.07. The fraction of sp³-hybridized carbons (Fsp3) is 0.680. The van der Waals surface area contributed by atoms with E-state index in [1.165, 1.54) is 30.6 Å². The molecule has 0 radical (unpaired) electrons. The van der Waals surface area contributed by atoms with Crippen molar-refractivity contribution in [2.75, 3.05) is 38.2 Å². The average molecular weight is 458 g/mol. The Hall–Kier alpha value is -2.32. The van der Waals surface area contributed by atoms with Crippen LogP contribution in [-0.2, 0) is 4.79 Å². The molecule has 3 aliphatic rings. The number of fused-ring (bicyclic) bond motifs is 3. The van der Waals surface area contributed by atoms with Crippen molar-refractivity contribution in [3.63, 3.8) is 0 Å². The van der Waals surface area contributed by atoms with Crippen LogP contribution in [0.2, 0.25) is 0 Å². The number of ether oxygens (including phenoxy) is 1. The summed E-state index contributed by atoms with van der Waals surface area (Å²) in [5, 5.41) is 3.58. The fourth-order valence-corrected chi connectivity index (χ4v) is 5.34. The smallest absolute Gasteiger partial charge is 0.327 e. The summed E-state index contributed by atoms with van der Waals surface area (Å²) in [4.78, 5) is 34.3. The van der Waals surface area contributed by atoms with Crippen molar-refractivity contribution in [2.24, 2.45) is 0 Å². The van der Waals surface area contributed by atoms with Crippen LogP contribution in [0.1, 0.15) is 58.8 Å². The molecule has 1 aromatic carbocycles. The predicted octanol–water partition coefficient (Wildman–Crippen LogP) is 3.43. The number of nitrogens with one attached hydrogen (secondary N) is 1. The van der Waals surface area contributed by atoms with Crippen LogP contribution >= 0.6 is 0 Å². The van der Waals surface area contributed by atoms with Crippen molar-refractivity contribution in [2.45, 2.75) is 77.3 Å². The zero-order chi connectivity index (χ0) is 23.4. The Labute approximate surface area is 197 Å². The highest BCUT2D eigenvalue weighted by Gasteiger charge is 2.55. The number of unbranched alkanes of at least 4 members (excludes halogenated alkanes) is 5. The summed E-state index contributed by atoms with van der Waals surface area (Å²) in [5.74, 6) is 0.800. The Balaban J connectivity index is 1.45. The lowest BCUT2D eigenvalue weighted by atomic mass is 10.1. The summed E-state index contributed by atoms with van der Waals surface area (Å²) < 4.78 is 5.58. The monoisotopic (exact) mass is 457 g/mol. The first-order valence-electron chi connectivity index (χ1n) is 12.7. The van der Waals surface area contributed by atoms with Gasteiger partial charge in [0.1, 0.15) is 24.2 Å². The maximum atomic E-state index is 13.5. The van der Waals surface area contributed by atoms with Gasteiger partial charge in [-0.15, -0.1) is 0 Å². The minimum Gasteiger partial charge on any atom is -0.494 e. The van der Waals surface area contributed by atoms with Gasteiger partial charge in [-0.3, -0.25) is 19.9 Å². The summed E-state index contributed by atoms with van der Waals surface area (Å²) in [7, 11) is 1.81. The number of imide groups is 1. The second-order valence-electron chi connectivity index (χ2n) is 9.29. The van der Waals surface area contributed by atoms with Crippen molar-refractivity contribution in [1.29, 1.82) is 0 Å². The molecule has 3 heterocycles. The van der Waals surface area contributed by atoms with E-state index in [2.05, 4.69) is 34.2 Å². The lowest BCUT2D eigenvalue weighted by Crippen LogP contribution is -2.66. The molecule has 8 heteroatoms. The van der Waals surface area contributed by atoms with Gasteiger partial charge in [-0.05, 0) is 44.0 Å².